The third-order valence-electron chi connectivity index (χ3n) is 3.89. The summed E-state index contributed by atoms with van der Waals surface area (Å²) in [5, 5.41) is 14.0. The van der Waals surface area contributed by atoms with E-state index in [0.717, 1.165) is 11.5 Å². The normalized spacial score (nSPS) is 21.3. The van der Waals surface area contributed by atoms with Gasteiger partial charge in [0.05, 0.1) is 24.1 Å². The topological polar surface area (TPSA) is 105 Å². The number of rotatable bonds is 5. The molecule has 0 saturated carbocycles. The van der Waals surface area contributed by atoms with Gasteiger partial charge in [-0.3, -0.25) is 14.5 Å². The summed E-state index contributed by atoms with van der Waals surface area (Å²) >= 11 is 0. The van der Waals surface area contributed by atoms with E-state index in [1.807, 2.05) is 35.7 Å². The fourth-order valence-electron chi connectivity index (χ4n) is 2.68. The van der Waals surface area contributed by atoms with E-state index in [-0.39, 0.29) is 36.0 Å². The highest BCUT2D eigenvalue weighted by molar-refractivity contribution is 7.91. The number of fused-ring (bicyclic) bond motifs is 1. The molecule has 2 aromatic rings. The Hall–Kier alpha value is -2.00. The summed E-state index contributed by atoms with van der Waals surface area (Å²) < 4.78 is 24.6. The minimum absolute atomic E-state index is 0.0309. The number of hydrogen-bond donors (Lipinski definition) is 2. The van der Waals surface area contributed by atoms with Crippen molar-refractivity contribution >= 4 is 21.4 Å². The molecule has 124 valence electrons. The van der Waals surface area contributed by atoms with E-state index < -0.39 is 9.84 Å². The lowest BCUT2D eigenvalue weighted by Crippen LogP contribution is -2.41. The van der Waals surface area contributed by atoms with Crippen LogP contribution in [-0.2, 0) is 14.6 Å². The molecule has 2 unspecified atom stereocenters. The molecule has 1 fully saturated rings. The molecule has 3 heterocycles. The lowest BCUT2D eigenvalue weighted by Gasteiger charge is -2.14. The molecule has 23 heavy (non-hydrogen) atoms. The molecule has 2 N–H and O–H groups in total. The minimum Gasteiger partial charge on any atom is -0.351 e. The maximum atomic E-state index is 11.9. The molecule has 0 spiro atoms. The van der Waals surface area contributed by atoms with Crippen molar-refractivity contribution in [3.63, 3.8) is 0 Å². The van der Waals surface area contributed by atoms with E-state index in [9.17, 15) is 13.2 Å². The predicted molar refractivity (Wildman–Crippen MR) is 84.6 cm³/mol. The maximum absolute atomic E-state index is 11.9. The summed E-state index contributed by atoms with van der Waals surface area (Å²) in [7, 11) is -2.99. The van der Waals surface area contributed by atoms with Gasteiger partial charge in [-0.25, -0.2) is 8.42 Å². The number of nitrogens with one attached hydrogen (secondary N) is 2. The van der Waals surface area contributed by atoms with Crippen molar-refractivity contribution in [3.05, 3.63) is 30.2 Å². The molecular formula is C14H19N5O3S. The molecule has 0 radical (unpaired) electrons. The van der Waals surface area contributed by atoms with Crippen molar-refractivity contribution in [2.24, 2.45) is 0 Å². The van der Waals surface area contributed by atoms with Gasteiger partial charge in [0.1, 0.15) is 0 Å². The second kappa shape index (κ2) is 6.25. The molecule has 9 heteroatoms. The third kappa shape index (κ3) is 3.67. The van der Waals surface area contributed by atoms with Crippen LogP contribution >= 0.6 is 0 Å². The quantitative estimate of drug-likeness (QED) is 0.775. The van der Waals surface area contributed by atoms with Gasteiger partial charge in [0.2, 0.25) is 5.91 Å². The monoisotopic (exact) mass is 337 g/mol. The first kappa shape index (κ1) is 15.9. The summed E-state index contributed by atoms with van der Waals surface area (Å²) in [6, 6.07) is 5.19. The Morgan fingerprint density at radius 1 is 1.43 bits per heavy atom. The molecular weight excluding hydrogens is 318 g/mol. The predicted octanol–water partition coefficient (Wildman–Crippen LogP) is -0.317. The number of nitrogens with zero attached hydrogens (tertiary/aromatic N) is 3. The molecule has 3 rings (SSSR count). The van der Waals surface area contributed by atoms with E-state index in [1.165, 1.54) is 0 Å². The zero-order valence-corrected chi connectivity index (χ0v) is 13.6. The number of carbonyl (C=O) groups excluding carboxylic acids is 1. The van der Waals surface area contributed by atoms with Crippen LogP contribution in [0.3, 0.4) is 0 Å². The van der Waals surface area contributed by atoms with Crippen LogP contribution in [0.1, 0.15) is 25.2 Å². The van der Waals surface area contributed by atoms with Crippen LogP contribution in [0.2, 0.25) is 0 Å². The van der Waals surface area contributed by atoms with Crippen LogP contribution in [0, 0.1) is 0 Å². The second-order valence-electron chi connectivity index (χ2n) is 5.76. The van der Waals surface area contributed by atoms with Crippen molar-refractivity contribution < 1.29 is 13.2 Å². The Balaban J connectivity index is 1.54. The Bertz CT molecular complexity index is 817. The number of aromatic nitrogens is 3. The van der Waals surface area contributed by atoms with E-state index >= 15 is 0 Å². The molecule has 1 aliphatic rings. The Morgan fingerprint density at radius 2 is 2.26 bits per heavy atom. The van der Waals surface area contributed by atoms with Crippen LogP contribution in [-0.4, -0.2) is 53.0 Å². The summed E-state index contributed by atoms with van der Waals surface area (Å²) in [5.74, 6) is 0.681. The van der Waals surface area contributed by atoms with E-state index in [2.05, 4.69) is 20.8 Å². The van der Waals surface area contributed by atoms with Gasteiger partial charge in [-0.15, -0.1) is 10.2 Å². The van der Waals surface area contributed by atoms with Gasteiger partial charge in [0, 0.05) is 12.2 Å². The van der Waals surface area contributed by atoms with Gasteiger partial charge in [0.25, 0.3) is 0 Å². The summed E-state index contributed by atoms with van der Waals surface area (Å²) in [6.07, 6.45) is 2.35. The molecule has 0 bridgehead atoms. The van der Waals surface area contributed by atoms with Gasteiger partial charge in [-0.2, -0.15) is 0 Å². The summed E-state index contributed by atoms with van der Waals surface area (Å²) in [5.41, 5.74) is 0.747. The first-order chi connectivity index (χ1) is 10.9. The van der Waals surface area contributed by atoms with Crippen molar-refractivity contribution in [1.29, 1.82) is 0 Å². The van der Waals surface area contributed by atoms with Crippen molar-refractivity contribution in [1.82, 2.24) is 25.2 Å². The highest BCUT2D eigenvalue weighted by Gasteiger charge is 2.28. The molecule has 0 aliphatic carbocycles. The molecule has 1 aliphatic heterocycles. The number of hydrogen-bond acceptors (Lipinski definition) is 6. The van der Waals surface area contributed by atoms with Gasteiger partial charge in [-0.1, -0.05) is 6.07 Å². The zero-order valence-electron chi connectivity index (χ0n) is 12.8. The average molecular weight is 337 g/mol. The van der Waals surface area contributed by atoms with Crippen molar-refractivity contribution in [3.8, 4) is 0 Å². The first-order valence-electron chi connectivity index (χ1n) is 7.47. The highest BCUT2D eigenvalue weighted by atomic mass is 32.2. The summed E-state index contributed by atoms with van der Waals surface area (Å²) in [4.78, 5) is 11.9. The average Bonchev–Trinajstić information content (AvgIpc) is 3.08. The van der Waals surface area contributed by atoms with Crippen molar-refractivity contribution in [2.45, 2.75) is 25.4 Å². The van der Waals surface area contributed by atoms with E-state index in [0.29, 0.717) is 6.42 Å². The van der Waals surface area contributed by atoms with Crippen LogP contribution in [0.5, 0.6) is 0 Å². The molecule has 8 nitrogen and oxygen atoms in total. The smallest absolute Gasteiger partial charge is 0.234 e. The largest absolute Gasteiger partial charge is 0.351 e. The standard InChI is InChI=1S/C14H19N5O3S/c1-10(14-18-17-12-4-2-3-6-19(12)14)15-8-13(20)16-11-5-7-23(21,22)9-11/h2-4,6,10-11,15H,5,7-9H2,1H3,(H,16,20). The lowest BCUT2D eigenvalue weighted by atomic mass is 10.2. The molecule has 1 amide bonds. The van der Waals surface area contributed by atoms with E-state index in [4.69, 9.17) is 0 Å². The zero-order chi connectivity index (χ0) is 16.4. The summed E-state index contributed by atoms with van der Waals surface area (Å²) in [6.45, 7) is 2.00. The van der Waals surface area contributed by atoms with Gasteiger partial charge >= 0.3 is 0 Å². The molecule has 2 aromatic heterocycles. The Kier molecular flexibility index (Phi) is 4.31. The molecule has 2 atom stereocenters. The Labute approximate surface area is 134 Å². The fraction of sp³-hybridized carbons (Fsp3) is 0.500. The fourth-order valence-corrected chi connectivity index (χ4v) is 4.35. The Morgan fingerprint density at radius 3 is 3.00 bits per heavy atom. The highest BCUT2D eigenvalue weighted by Crippen LogP contribution is 2.12. The second-order valence-corrected chi connectivity index (χ2v) is 7.99. The molecule has 0 aromatic carbocycles. The lowest BCUT2D eigenvalue weighted by molar-refractivity contribution is -0.120. The number of pyridine rings is 1. The maximum Gasteiger partial charge on any atom is 0.234 e. The number of amides is 1. The van der Waals surface area contributed by atoms with Crippen molar-refractivity contribution in [2.75, 3.05) is 18.1 Å². The SMILES string of the molecule is CC(NCC(=O)NC1CCS(=O)(=O)C1)c1nnc2ccccn12. The van der Waals surface area contributed by atoms with Gasteiger partial charge in [0.15, 0.2) is 21.3 Å². The molecule has 1 saturated heterocycles. The number of carbonyl (C=O) groups is 1. The van der Waals surface area contributed by atoms with Gasteiger partial charge < -0.3 is 5.32 Å². The number of sulfone groups is 1. The van der Waals surface area contributed by atoms with Gasteiger partial charge in [-0.05, 0) is 25.5 Å². The van der Waals surface area contributed by atoms with Crippen LogP contribution in [0.25, 0.3) is 5.65 Å². The van der Waals surface area contributed by atoms with Crippen LogP contribution in [0.15, 0.2) is 24.4 Å². The first-order valence-corrected chi connectivity index (χ1v) is 9.29. The van der Waals surface area contributed by atoms with Crippen LogP contribution in [0.4, 0.5) is 0 Å². The minimum atomic E-state index is -2.99. The third-order valence-corrected chi connectivity index (χ3v) is 5.66. The van der Waals surface area contributed by atoms with Crippen LogP contribution < -0.4 is 10.6 Å². The van der Waals surface area contributed by atoms with E-state index in [1.54, 1.807) is 0 Å².